The molecule has 0 bridgehead atoms. The summed E-state index contributed by atoms with van der Waals surface area (Å²) in [5.74, 6) is 0.330. The number of nitrogens with two attached hydrogens (primary N) is 1. The maximum absolute atomic E-state index is 11.5. The van der Waals surface area contributed by atoms with Crippen molar-refractivity contribution in [1.82, 2.24) is 5.32 Å². The Morgan fingerprint density at radius 2 is 2.10 bits per heavy atom. The first-order valence-electron chi connectivity index (χ1n) is 6.65. The van der Waals surface area contributed by atoms with E-state index in [9.17, 15) is 9.90 Å². The van der Waals surface area contributed by atoms with Crippen LogP contribution >= 0.6 is 0 Å². The van der Waals surface area contributed by atoms with Crippen molar-refractivity contribution in [3.8, 4) is 5.75 Å². The van der Waals surface area contributed by atoms with E-state index in [1.54, 1.807) is 18.2 Å². The Morgan fingerprint density at radius 1 is 1.45 bits per heavy atom. The highest BCUT2D eigenvalue weighted by molar-refractivity contribution is 5.97. The predicted molar refractivity (Wildman–Crippen MR) is 80.1 cm³/mol. The van der Waals surface area contributed by atoms with Crippen LogP contribution in [0.15, 0.2) is 18.2 Å². The molecule has 0 amide bonds. The van der Waals surface area contributed by atoms with Crippen LogP contribution < -0.4 is 15.8 Å². The zero-order valence-electron chi connectivity index (χ0n) is 12.6. The van der Waals surface area contributed by atoms with Gasteiger partial charge < -0.3 is 20.9 Å². The second-order valence-electron chi connectivity index (χ2n) is 5.91. The summed E-state index contributed by atoms with van der Waals surface area (Å²) in [6.07, 6.45) is -0.647. The van der Waals surface area contributed by atoms with Gasteiger partial charge in [0.25, 0.3) is 0 Å². The summed E-state index contributed by atoms with van der Waals surface area (Å²) in [4.78, 5) is 11.5. The number of carbonyl (C=O) groups excluding carboxylic acids is 1. The molecule has 1 atom stereocenters. The van der Waals surface area contributed by atoms with Crippen LogP contribution in [0.4, 0.5) is 5.69 Å². The average molecular weight is 280 g/mol. The molecule has 0 aliphatic heterocycles. The lowest BCUT2D eigenvalue weighted by atomic mass is 10.1. The molecule has 0 spiro atoms. The van der Waals surface area contributed by atoms with Crippen molar-refractivity contribution in [2.45, 2.75) is 39.3 Å². The van der Waals surface area contributed by atoms with E-state index in [0.717, 1.165) is 0 Å². The number of aliphatic hydroxyl groups excluding tert-OH is 1. The quantitative estimate of drug-likeness (QED) is 0.544. The molecule has 0 aromatic heterocycles. The molecule has 1 aromatic carbocycles. The van der Waals surface area contributed by atoms with Gasteiger partial charge in [-0.2, -0.15) is 0 Å². The van der Waals surface area contributed by atoms with Crippen LogP contribution in [0, 0.1) is 0 Å². The molecule has 0 saturated heterocycles. The van der Waals surface area contributed by atoms with Gasteiger partial charge in [0.15, 0.2) is 5.78 Å². The zero-order valence-corrected chi connectivity index (χ0v) is 12.6. The normalized spacial score (nSPS) is 13.1. The van der Waals surface area contributed by atoms with Gasteiger partial charge in [0, 0.05) is 17.8 Å². The van der Waals surface area contributed by atoms with Crippen LogP contribution in [-0.2, 0) is 0 Å². The van der Waals surface area contributed by atoms with E-state index in [0.29, 0.717) is 23.5 Å². The number of aliphatic hydroxyl groups is 1. The van der Waals surface area contributed by atoms with E-state index >= 15 is 0 Å². The maximum Gasteiger partial charge on any atom is 0.163 e. The number of carbonyl (C=O) groups is 1. The van der Waals surface area contributed by atoms with Crippen molar-refractivity contribution < 1.29 is 14.6 Å². The lowest BCUT2D eigenvalue weighted by Gasteiger charge is -2.23. The fraction of sp³-hybridized carbons (Fsp3) is 0.533. The molecule has 5 heteroatoms. The Balaban J connectivity index is 2.59. The first-order chi connectivity index (χ1) is 9.19. The van der Waals surface area contributed by atoms with Crippen LogP contribution in [0.1, 0.15) is 38.1 Å². The molecule has 4 N–H and O–H groups in total. The number of nitrogens with one attached hydrogen (secondary N) is 1. The van der Waals surface area contributed by atoms with Crippen LogP contribution in [0.25, 0.3) is 0 Å². The highest BCUT2D eigenvalue weighted by Gasteiger charge is 2.14. The Bertz CT molecular complexity index is 467. The van der Waals surface area contributed by atoms with Gasteiger partial charge in [-0.25, -0.2) is 0 Å². The van der Waals surface area contributed by atoms with Crippen molar-refractivity contribution in [2.24, 2.45) is 0 Å². The number of rotatable bonds is 6. The third-order valence-electron chi connectivity index (χ3n) is 2.68. The fourth-order valence-corrected chi connectivity index (χ4v) is 1.62. The summed E-state index contributed by atoms with van der Waals surface area (Å²) in [6, 6.07) is 4.90. The van der Waals surface area contributed by atoms with Gasteiger partial charge in [0.05, 0.1) is 5.56 Å². The van der Waals surface area contributed by atoms with Gasteiger partial charge in [-0.3, -0.25) is 4.79 Å². The smallest absolute Gasteiger partial charge is 0.163 e. The van der Waals surface area contributed by atoms with Gasteiger partial charge in [-0.15, -0.1) is 0 Å². The van der Waals surface area contributed by atoms with Gasteiger partial charge in [0.2, 0.25) is 0 Å². The lowest BCUT2D eigenvalue weighted by molar-refractivity contribution is 0.0950. The molecule has 5 nitrogen and oxygen atoms in total. The van der Waals surface area contributed by atoms with Gasteiger partial charge in [-0.1, -0.05) is 0 Å². The Labute approximate surface area is 120 Å². The number of β-amino-alcohol motifs (C(OH)–C–C–N with tert-alkyl or cyclic N) is 1. The third kappa shape index (κ3) is 5.59. The van der Waals surface area contributed by atoms with E-state index < -0.39 is 6.10 Å². The second-order valence-corrected chi connectivity index (χ2v) is 5.91. The second kappa shape index (κ2) is 6.72. The topological polar surface area (TPSA) is 84.6 Å². The monoisotopic (exact) mass is 280 g/mol. The molecule has 0 fully saturated rings. The number of anilines is 1. The SMILES string of the molecule is CC(=O)c1cc(N)ccc1OC[C@@H](O)CNC(C)(C)C. The molecule has 20 heavy (non-hydrogen) atoms. The van der Waals surface area contributed by atoms with Crippen molar-refractivity contribution in [2.75, 3.05) is 18.9 Å². The largest absolute Gasteiger partial charge is 0.490 e. The number of benzene rings is 1. The van der Waals surface area contributed by atoms with Gasteiger partial charge in [-0.05, 0) is 45.9 Å². The van der Waals surface area contributed by atoms with Crippen LogP contribution in [0.2, 0.25) is 0 Å². The number of ether oxygens (including phenoxy) is 1. The van der Waals surface area contributed by atoms with Crippen LogP contribution in [0.3, 0.4) is 0 Å². The third-order valence-corrected chi connectivity index (χ3v) is 2.68. The molecule has 112 valence electrons. The summed E-state index contributed by atoms with van der Waals surface area (Å²) in [5.41, 5.74) is 6.53. The van der Waals surface area contributed by atoms with Gasteiger partial charge >= 0.3 is 0 Å². The first kappa shape index (κ1) is 16.5. The minimum absolute atomic E-state index is 0.0628. The van der Waals surface area contributed by atoms with Crippen LogP contribution in [-0.4, -0.2) is 35.7 Å². The number of hydrogen-bond donors (Lipinski definition) is 3. The summed E-state index contributed by atoms with van der Waals surface area (Å²) in [7, 11) is 0. The van der Waals surface area contributed by atoms with E-state index in [2.05, 4.69) is 5.32 Å². The molecule has 0 saturated carbocycles. The summed E-state index contributed by atoms with van der Waals surface area (Å²) in [6.45, 7) is 8.07. The van der Waals surface area contributed by atoms with Gasteiger partial charge in [0.1, 0.15) is 18.5 Å². The molecule has 0 unspecified atom stereocenters. The lowest BCUT2D eigenvalue weighted by Crippen LogP contribution is -2.42. The van der Waals surface area contributed by atoms with Crippen molar-refractivity contribution in [1.29, 1.82) is 0 Å². The van der Waals surface area contributed by atoms with E-state index in [1.807, 2.05) is 20.8 Å². The van der Waals surface area contributed by atoms with E-state index in [-0.39, 0.29) is 17.9 Å². The van der Waals surface area contributed by atoms with Crippen molar-refractivity contribution in [3.63, 3.8) is 0 Å². The Hall–Kier alpha value is -1.59. The average Bonchev–Trinajstić information content (AvgIpc) is 2.33. The highest BCUT2D eigenvalue weighted by Crippen LogP contribution is 2.22. The standard InChI is InChI=1S/C15H24N2O3/c1-10(18)13-7-11(16)5-6-14(13)20-9-12(19)8-17-15(2,3)4/h5-7,12,17,19H,8-9,16H2,1-4H3/t12-/m0/s1. The summed E-state index contributed by atoms with van der Waals surface area (Å²) >= 11 is 0. The Kier molecular flexibility index (Phi) is 5.53. The molecule has 1 rings (SSSR count). The highest BCUT2D eigenvalue weighted by atomic mass is 16.5. The maximum atomic E-state index is 11.5. The fourth-order valence-electron chi connectivity index (χ4n) is 1.62. The molecule has 1 aromatic rings. The minimum atomic E-state index is -0.647. The number of hydrogen-bond acceptors (Lipinski definition) is 5. The van der Waals surface area contributed by atoms with Crippen molar-refractivity contribution in [3.05, 3.63) is 23.8 Å². The van der Waals surface area contributed by atoms with E-state index in [4.69, 9.17) is 10.5 Å². The number of ketones is 1. The molecular formula is C15H24N2O3. The predicted octanol–water partition coefficient (Wildman–Crippen LogP) is 1.60. The molecule has 0 aliphatic rings. The first-order valence-corrected chi connectivity index (χ1v) is 6.65. The minimum Gasteiger partial charge on any atom is -0.490 e. The summed E-state index contributed by atoms with van der Waals surface area (Å²) in [5, 5.41) is 13.0. The molecular weight excluding hydrogens is 256 g/mol. The van der Waals surface area contributed by atoms with Crippen molar-refractivity contribution >= 4 is 11.5 Å². The number of nitrogen functional groups attached to an aromatic ring is 1. The Morgan fingerprint density at radius 3 is 2.65 bits per heavy atom. The molecule has 0 heterocycles. The van der Waals surface area contributed by atoms with Crippen LogP contribution in [0.5, 0.6) is 5.75 Å². The molecule has 0 radical (unpaired) electrons. The van der Waals surface area contributed by atoms with E-state index in [1.165, 1.54) is 6.92 Å². The number of Topliss-reactive ketones (excluding diaryl/α,β-unsaturated/α-hetero) is 1. The summed E-state index contributed by atoms with van der Waals surface area (Å²) < 4.78 is 5.51. The molecule has 0 aliphatic carbocycles. The zero-order chi connectivity index (χ0) is 15.3.